The molecule has 40 heavy (non-hydrogen) atoms. The second-order valence-electron chi connectivity index (χ2n) is 13.3. The zero-order chi connectivity index (χ0) is 29.7. The minimum Gasteiger partial charge on any atom is -0.493 e. The Bertz CT molecular complexity index is 908. The van der Waals surface area contributed by atoms with Crippen LogP contribution in [0.15, 0.2) is 0 Å². The summed E-state index contributed by atoms with van der Waals surface area (Å²) in [5, 5.41) is 8.78. The van der Waals surface area contributed by atoms with Gasteiger partial charge in [0.2, 0.25) is 0 Å². The molecule has 1 aromatic rings. The third kappa shape index (κ3) is 11.3. The van der Waals surface area contributed by atoms with Gasteiger partial charge in [0.05, 0.1) is 13.2 Å². The third-order valence-electron chi connectivity index (χ3n) is 8.96. The van der Waals surface area contributed by atoms with Crippen LogP contribution >= 0.6 is 0 Å². The van der Waals surface area contributed by atoms with E-state index in [9.17, 15) is 4.79 Å². The summed E-state index contributed by atoms with van der Waals surface area (Å²) in [6.45, 7) is 18.6. The standard InChI is InChI=1S/C35H60O5/c1-25(2)13-9-14-26(3)15-10-16-27(4)17-11-20-35(8)21-19-31-30(7)33(28(5)29(6)34(31)40-35)39-23-12-18-32(37)38-24-22-36/h25-27,36H,9-24H2,1-8H3/t26?,27?,35-/m1/s1. The largest absolute Gasteiger partial charge is 0.493 e. The highest BCUT2D eigenvalue weighted by molar-refractivity contribution is 5.69. The van der Waals surface area contributed by atoms with E-state index in [0.717, 1.165) is 59.6 Å². The Hall–Kier alpha value is -1.75. The Morgan fingerprint density at radius 1 is 0.875 bits per heavy atom. The summed E-state index contributed by atoms with van der Waals surface area (Å²) in [5.74, 6) is 4.17. The monoisotopic (exact) mass is 560 g/mol. The van der Waals surface area contributed by atoms with E-state index in [4.69, 9.17) is 19.3 Å². The predicted molar refractivity (Wildman–Crippen MR) is 165 cm³/mol. The highest BCUT2D eigenvalue weighted by atomic mass is 16.5. The molecule has 0 saturated heterocycles. The molecule has 0 radical (unpaired) electrons. The van der Waals surface area contributed by atoms with Crippen LogP contribution in [0.2, 0.25) is 0 Å². The van der Waals surface area contributed by atoms with Gasteiger partial charge in [-0.15, -0.1) is 0 Å². The van der Waals surface area contributed by atoms with Gasteiger partial charge in [0.1, 0.15) is 23.7 Å². The highest BCUT2D eigenvalue weighted by Gasteiger charge is 2.34. The smallest absolute Gasteiger partial charge is 0.305 e. The number of benzene rings is 1. The molecule has 1 aliphatic heterocycles. The first-order valence-electron chi connectivity index (χ1n) is 16.2. The van der Waals surface area contributed by atoms with E-state index in [1.807, 2.05) is 0 Å². The average Bonchev–Trinajstić information content (AvgIpc) is 2.89. The Morgan fingerprint density at radius 2 is 1.50 bits per heavy atom. The second kappa shape index (κ2) is 17.3. The number of hydrogen-bond acceptors (Lipinski definition) is 5. The highest BCUT2D eigenvalue weighted by Crippen LogP contribution is 2.45. The normalized spacial score (nSPS) is 18.2. The Kier molecular flexibility index (Phi) is 14.9. The van der Waals surface area contributed by atoms with Crippen LogP contribution in [0.25, 0.3) is 0 Å². The molecular formula is C35H60O5. The molecule has 0 fully saturated rings. The molecule has 0 amide bonds. The van der Waals surface area contributed by atoms with Gasteiger partial charge in [-0.2, -0.15) is 0 Å². The number of aliphatic hydroxyl groups is 1. The molecule has 1 N–H and O–H groups in total. The fourth-order valence-electron chi connectivity index (χ4n) is 6.10. The van der Waals surface area contributed by atoms with E-state index >= 15 is 0 Å². The van der Waals surface area contributed by atoms with Crippen LogP contribution in [0.4, 0.5) is 0 Å². The fraction of sp³-hybridized carbons (Fsp3) is 0.800. The van der Waals surface area contributed by atoms with Crippen molar-refractivity contribution in [1.82, 2.24) is 0 Å². The lowest BCUT2D eigenvalue weighted by molar-refractivity contribution is -0.144. The van der Waals surface area contributed by atoms with Crippen molar-refractivity contribution in [3.63, 3.8) is 0 Å². The molecule has 230 valence electrons. The van der Waals surface area contributed by atoms with Crippen LogP contribution in [0.5, 0.6) is 11.5 Å². The van der Waals surface area contributed by atoms with Gasteiger partial charge in [0, 0.05) is 12.0 Å². The SMILES string of the molecule is Cc1c(C)c2c(c(C)c1OCCCC(=O)OCCO)CC[C@@](C)(CCCC(C)CCCC(C)CCCC(C)C)O2. The first-order valence-corrected chi connectivity index (χ1v) is 16.2. The van der Waals surface area contributed by atoms with E-state index in [0.29, 0.717) is 19.4 Å². The van der Waals surface area contributed by atoms with Crippen LogP contribution in [0.1, 0.15) is 134 Å². The lowest BCUT2D eigenvalue weighted by Crippen LogP contribution is -2.37. The minimum atomic E-state index is -0.295. The fourth-order valence-corrected chi connectivity index (χ4v) is 6.10. The number of carbonyl (C=O) groups is 1. The van der Waals surface area contributed by atoms with Gasteiger partial charge < -0.3 is 19.3 Å². The van der Waals surface area contributed by atoms with E-state index in [1.54, 1.807) is 0 Å². The van der Waals surface area contributed by atoms with Crippen molar-refractivity contribution in [3.8, 4) is 11.5 Å². The molecule has 5 nitrogen and oxygen atoms in total. The van der Waals surface area contributed by atoms with Crippen LogP contribution in [0.3, 0.4) is 0 Å². The zero-order valence-electron chi connectivity index (χ0n) is 27.1. The number of rotatable bonds is 19. The lowest BCUT2D eigenvalue weighted by Gasteiger charge is -2.38. The maximum Gasteiger partial charge on any atom is 0.305 e. The summed E-state index contributed by atoms with van der Waals surface area (Å²) in [7, 11) is 0. The van der Waals surface area contributed by atoms with Gasteiger partial charge in [-0.25, -0.2) is 0 Å². The molecule has 3 atom stereocenters. The quantitative estimate of drug-likeness (QED) is 0.135. The van der Waals surface area contributed by atoms with Gasteiger partial charge in [-0.1, -0.05) is 72.6 Å². The predicted octanol–water partition coefficient (Wildman–Crippen LogP) is 8.83. The molecule has 0 aromatic heterocycles. The van der Waals surface area contributed by atoms with E-state index in [2.05, 4.69) is 55.4 Å². The lowest BCUT2D eigenvalue weighted by atomic mass is 9.83. The van der Waals surface area contributed by atoms with E-state index < -0.39 is 0 Å². The van der Waals surface area contributed by atoms with Gasteiger partial charge in [0.25, 0.3) is 0 Å². The second-order valence-corrected chi connectivity index (χ2v) is 13.3. The number of fused-ring (bicyclic) bond motifs is 1. The summed E-state index contributed by atoms with van der Waals surface area (Å²) in [4.78, 5) is 11.7. The molecule has 0 bridgehead atoms. The minimum absolute atomic E-state index is 0.0536. The van der Waals surface area contributed by atoms with Crippen molar-refractivity contribution < 1.29 is 24.1 Å². The number of hydrogen-bond donors (Lipinski definition) is 1. The zero-order valence-corrected chi connectivity index (χ0v) is 27.1. The van der Waals surface area contributed by atoms with Gasteiger partial charge in [-0.3, -0.25) is 4.79 Å². The Balaban J connectivity index is 1.81. The van der Waals surface area contributed by atoms with Crippen molar-refractivity contribution in [3.05, 3.63) is 22.3 Å². The van der Waals surface area contributed by atoms with Crippen molar-refractivity contribution in [2.24, 2.45) is 17.8 Å². The number of ether oxygens (including phenoxy) is 3. The van der Waals surface area contributed by atoms with E-state index in [1.165, 1.54) is 62.5 Å². The molecule has 5 heteroatoms. The molecule has 2 unspecified atom stereocenters. The summed E-state index contributed by atoms with van der Waals surface area (Å²) in [5.41, 5.74) is 4.61. The Labute approximate surface area is 245 Å². The Morgan fingerprint density at radius 3 is 2.12 bits per heavy atom. The van der Waals surface area contributed by atoms with Crippen molar-refractivity contribution >= 4 is 5.97 Å². The van der Waals surface area contributed by atoms with Gasteiger partial charge >= 0.3 is 5.97 Å². The summed E-state index contributed by atoms with van der Waals surface area (Å²) in [6, 6.07) is 0. The first-order chi connectivity index (χ1) is 19.0. The molecule has 1 aromatic carbocycles. The third-order valence-corrected chi connectivity index (χ3v) is 8.96. The molecule has 1 heterocycles. The number of aliphatic hydroxyl groups excluding tert-OH is 1. The van der Waals surface area contributed by atoms with Crippen molar-refractivity contribution in [2.45, 2.75) is 144 Å². The van der Waals surface area contributed by atoms with Gasteiger partial charge in [-0.05, 0) is 94.2 Å². The summed E-state index contributed by atoms with van der Waals surface area (Å²) in [6.07, 6.45) is 14.7. The van der Waals surface area contributed by atoms with Crippen molar-refractivity contribution in [1.29, 1.82) is 0 Å². The van der Waals surface area contributed by atoms with Crippen LogP contribution < -0.4 is 9.47 Å². The van der Waals surface area contributed by atoms with Gasteiger partial charge in [0.15, 0.2) is 0 Å². The molecule has 0 aliphatic carbocycles. The maximum absolute atomic E-state index is 11.7. The molecule has 0 saturated carbocycles. The topological polar surface area (TPSA) is 65.0 Å². The number of carbonyl (C=O) groups excluding carboxylic acids is 1. The molecule has 2 rings (SSSR count). The van der Waals surface area contributed by atoms with Crippen LogP contribution in [0, 0.1) is 38.5 Å². The molecule has 1 aliphatic rings. The first kappa shape index (κ1) is 34.5. The maximum atomic E-state index is 11.7. The number of esters is 1. The molecule has 0 spiro atoms. The van der Waals surface area contributed by atoms with E-state index in [-0.39, 0.29) is 24.8 Å². The van der Waals surface area contributed by atoms with Crippen LogP contribution in [-0.2, 0) is 16.0 Å². The average molecular weight is 561 g/mol. The van der Waals surface area contributed by atoms with Crippen LogP contribution in [-0.4, -0.2) is 36.5 Å². The summed E-state index contributed by atoms with van der Waals surface area (Å²) < 4.78 is 17.9. The van der Waals surface area contributed by atoms with Crippen molar-refractivity contribution in [2.75, 3.05) is 19.8 Å². The summed E-state index contributed by atoms with van der Waals surface area (Å²) >= 11 is 0. The molecular weight excluding hydrogens is 500 g/mol.